The molecule has 1 amide bonds. The van der Waals surface area contributed by atoms with Gasteiger partial charge in [0.25, 0.3) is 0 Å². The smallest absolute Gasteiger partial charge is 0.305 e. The normalized spacial score (nSPS) is 19.8. The molecule has 21 heavy (non-hydrogen) atoms. The molecule has 3 rings (SSSR count). The maximum Gasteiger partial charge on any atom is 0.305 e. The van der Waals surface area contributed by atoms with Gasteiger partial charge in [-0.1, -0.05) is 6.07 Å². The average Bonchev–Trinajstić information content (AvgIpc) is 3.06. The fourth-order valence-corrected chi connectivity index (χ4v) is 2.90. The fourth-order valence-electron chi connectivity index (χ4n) is 2.90. The summed E-state index contributed by atoms with van der Waals surface area (Å²) >= 11 is 0. The molecule has 6 nitrogen and oxygen atoms in total. The van der Waals surface area contributed by atoms with Crippen LogP contribution in [0.2, 0.25) is 0 Å². The van der Waals surface area contributed by atoms with Gasteiger partial charge in [0, 0.05) is 12.6 Å². The summed E-state index contributed by atoms with van der Waals surface area (Å²) in [5.74, 6) is 0.459. The number of benzene rings is 1. The molecule has 0 saturated carbocycles. The lowest BCUT2D eigenvalue weighted by Gasteiger charge is -2.23. The van der Waals surface area contributed by atoms with Gasteiger partial charge in [-0.15, -0.1) is 0 Å². The largest absolute Gasteiger partial charge is 0.481 e. The Morgan fingerprint density at radius 2 is 2.10 bits per heavy atom. The van der Waals surface area contributed by atoms with Crippen molar-refractivity contribution in [2.75, 3.05) is 13.3 Å². The van der Waals surface area contributed by atoms with Crippen LogP contribution in [-0.2, 0) is 16.0 Å². The second-order valence-corrected chi connectivity index (χ2v) is 5.35. The predicted octanol–water partition coefficient (Wildman–Crippen LogP) is 1.42. The Hall–Kier alpha value is -2.24. The lowest BCUT2D eigenvalue weighted by molar-refractivity contribution is -0.139. The van der Waals surface area contributed by atoms with E-state index < -0.39 is 5.97 Å². The van der Waals surface area contributed by atoms with E-state index in [1.165, 1.54) is 0 Å². The van der Waals surface area contributed by atoms with E-state index in [4.69, 9.17) is 14.6 Å². The monoisotopic (exact) mass is 291 g/mol. The molecule has 0 aromatic heterocycles. The minimum Gasteiger partial charge on any atom is -0.481 e. The summed E-state index contributed by atoms with van der Waals surface area (Å²) in [6, 6.07) is 5.27. The van der Waals surface area contributed by atoms with Crippen LogP contribution >= 0.6 is 0 Å². The Kier molecular flexibility index (Phi) is 3.68. The van der Waals surface area contributed by atoms with Gasteiger partial charge in [0.2, 0.25) is 12.7 Å². The highest BCUT2D eigenvalue weighted by Gasteiger charge is 2.30. The van der Waals surface area contributed by atoms with Crippen LogP contribution < -0.4 is 9.47 Å². The van der Waals surface area contributed by atoms with Crippen molar-refractivity contribution in [3.63, 3.8) is 0 Å². The minimum atomic E-state index is -0.859. The number of fused-ring (bicyclic) bond motifs is 1. The van der Waals surface area contributed by atoms with Gasteiger partial charge in [-0.05, 0) is 30.5 Å². The number of carbonyl (C=O) groups excluding carboxylic acids is 1. The number of amides is 1. The molecule has 1 aromatic rings. The number of carboxylic acids is 1. The van der Waals surface area contributed by atoms with Crippen LogP contribution in [0.5, 0.6) is 11.5 Å². The highest BCUT2D eigenvalue weighted by molar-refractivity contribution is 5.80. The van der Waals surface area contributed by atoms with Gasteiger partial charge in [0.15, 0.2) is 11.5 Å². The molecule has 2 aliphatic heterocycles. The molecule has 1 N–H and O–H groups in total. The fraction of sp³-hybridized carbons (Fsp3) is 0.467. The zero-order chi connectivity index (χ0) is 14.8. The summed E-state index contributed by atoms with van der Waals surface area (Å²) in [6.45, 7) is 0.848. The van der Waals surface area contributed by atoms with E-state index in [0.717, 1.165) is 18.4 Å². The summed E-state index contributed by atoms with van der Waals surface area (Å²) in [4.78, 5) is 24.9. The lowest BCUT2D eigenvalue weighted by Crippen LogP contribution is -2.37. The molecule has 1 saturated heterocycles. The van der Waals surface area contributed by atoms with Crippen molar-refractivity contribution in [1.82, 2.24) is 4.90 Å². The van der Waals surface area contributed by atoms with Crippen molar-refractivity contribution >= 4 is 11.9 Å². The Labute approximate surface area is 122 Å². The summed E-state index contributed by atoms with van der Waals surface area (Å²) in [5, 5.41) is 8.90. The van der Waals surface area contributed by atoms with Crippen molar-refractivity contribution in [2.45, 2.75) is 31.7 Å². The number of carbonyl (C=O) groups is 2. The van der Waals surface area contributed by atoms with Gasteiger partial charge >= 0.3 is 5.97 Å². The standard InChI is InChI=1S/C15H17NO5/c17-14(16-5-1-2-11(16)8-15(18)19)7-10-3-4-12-13(6-10)21-9-20-12/h3-4,6,11H,1-2,5,7-9H2,(H,18,19). The third-order valence-electron chi connectivity index (χ3n) is 3.90. The zero-order valence-corrected chi connectivity index (χ0v) is 11.6. The lowest BCUT2D eigenvalue weighted by atomic mass is 10.1. The first kappa shape index (κ1) is 13.7. The topological polar surface area (TPSA) is 76.1 Å². The van der Waals surface area contributed by atoms with Crippen molar-refractivity contribution in [3.05, 3.63) is 23.8 Å². The van der Waals surface area contributed by atoms with Crippen LogP contribution in [0.15, 0.2) is 18.2 Å². The van der Waals surface area contributed by atoms with Crippen LogP contribution in [0.1, 0.15) is 24.8 Å². The van der Waals surface area contributed by atoms with E-state index in [1.807, 2.05) is 12.1 Å². The molecule has 1 atom stereocenters. The van der Waals surface area contributed by atoms with Crippen molar-refractivity contribution in [1.29, 1.82) is 0 Å². The number of rotatable bonds is 4. The second-order valence-electron chi connectivity index (χ2n) is 5.35. The quantitative estimate of drug-likeness (QED) is 0.908. The first-order valence-corrected chi connectivity index (χ1v) is 7.03. The molecule has 0 bridgehead atoms. The zero-order valence-electron chi connectivity index (χ0n) is 11.6. The first-order chi connectivity index (χ1) is 10.1. The van der Waals surface area contributed by atoms with E-state index in [1.54, 1.807) is 11.0 Å². The molecule has 6 heteroatoms. The maximum atomic E-state index is 12.4. The van der Waals surface area contributed by atoms with Gasteiger partial charge in [0.1, 0.15) is 0 Å². The number of carboxylic acid groups (broad SMARTS) is 1. The van der Waals surface area contributed by atoms with E-state index in [0.29, 0.717) is 18.0 Å². The molecule has 2 heterocycles. The molecule has 1 fully saturated rings. The summed E-state index contributed by atoms with van der Waals surface area (Å²) < 4.78 is 10.5. The van der Waals surface area contributed by atoms with Gasteiger partial charge in [-0.25, -0.2) is 0 Å². The van der Waals surface area contributed by atoms with Gasteiger partial charge in [-0.3, -0.25) is 9.59 Å². The van der Waals surface area contributed by atoms with Crippen LogP contribution in [-0.4, -0.2) is 41.3 Å². The number of likely N-dealkylation sites (tertiary alicyclic amines) is 1. The molecule has 1 aromatic carbocycles. The van der Waals surface area contributed by atoms with Crippen molar-refractivity contribution in [3.8, 4) is 11.5 Å². The van der Waals surface area contributed by atoms with E-state index in [9.17, 15) is 9.59 Å². The molecular weight excluding hydrogens is 274 g/mol. The van der Waals surface area contributed by atoms with Gasteiger partial charge in [-0.2, -0.15) is 0 Å². The van der Waals surface area contributed by atoms with Crippen molar-refractivity contribution < 1.29 is 24.2 Å². The average molecular weight is 291 g/mol. The SMILES string of the molecule is O=C(O)CC1CCCN1C(=O)Cc1ccc2c(c1)OCO2. The molecule has 112 valence electrons. The molecule has 0 spiro atoms. The summed E-state index contributed by atoms with van der Waals surface area (Å²) in [5.41, 5.74) is 0.852. The van der Waals surface area contributed by atoms with E-state index in [-0.39, 0.29) is 31.6 Å². The summed E-state index contributed by atoms with van der Waals surface area (Å²) in [6.07, 6.45) is 1.91. The Morgan fingerprint density at radius 1 is 1.29 bits per heavy atom. The van der Waals surface area contributed by atoms with Crippen LogP contribution in [0.3, 0.4) is 0 Å². The van der Waals surface area contributed by atoms with Crippen LogP contribution in [0.4, 0.5) is 0 Å². The number of aliphatic carboxylic acids is 1. The second kappa shape index (κ2) is 5.63. The van der Waals surface area contributed by atoms with Crippen molar-refractivity contribution in [2.24, 2.45) is 0 Å². The number of hydrogen-bond acceptors (Lipinski definition) is 4. The molecule has 0 aliphatic carbocycles. The molecular formula is C15H17NO5. The summed E-state index contributed by atoms with van der Waals surface area (Å²) in [7, 11) is 0. The van der Waals surface area contributed by atoms with Crippen LogP contribution in [0, 0.1) is 0 Å². The van der Waals surface area contributed by atoms with E-state index in [2.05, 4.69) is 0 Å². The minimum absolute atomic E-state index is 0.0207. The Morgan fingerprint density at radius 3 is 2.90 bits per heavy atom. The highest BCUT2D eigenvalue weighted by atomic mass is 16.7. The number of hydrogen-bond donors (Lipinski definition) is 1. The number of ether oxygens (including phenoxy) is 2. The molecule has 0 radical (unpaired) electrons. The predicted molar refractivity (Wildman–Crippen MR) is 73.3 cm³/mol. The third kappa shape index (κ3) is 2.94. The molecule has 1 unspecified atom stereocenters. The third-order valence-corrected chi connectivity index (χ3v) is 3.90. The Balaban J connectivity index is 1.67. The Bertz CT molecular complexity index is 571. The van der Waals surface area contributed by atoms with Gasteiger partial charge < -0.3 is 19.5 Å². The van der Waals surface area contributed by atoms with E-state index >= 15 is 0 Å². The number of nitrogens with zero attached hydrogens (tertiary/aromatic N) is 1. The maximum absolute atomic E-state index is 12.4. The highest BCUT2D eigenvalue weighted by Crippen LogP contribution is 2.33. The van der Waals surface area contributed by atoms with Gasteiger partial charge in [0.05, 0.1) is 12.8 Å². The molecule has 2 aliphatic rings. The first-order valence-electron chi connectivity index (χ1n) is 7.03. The van der Waals surface area contributed by atoms with Crippen LogP contribution in [0.25, 0.3) is 0 Å².